The molecule has 3 nitrogen and oxygen atoms in total. The number of hydrogen-bond acceptors (Lipinski definition) is 3. The molecule has 2 unspecified atom stereocenters. The van der Waals surface area contributed by atoms with Gasteiger partial charge in [-0.1, -0.05) is 13.3 Å². The Morgan fingerprint density at radius 2 is 2.19 bits per heavy atom. The van der Waals surface area contributed by atoms with E-state index in [1.807, 2.05) is 0 Å². The monoisotopic (exact) mass is 229 g/mol. The Hall–Kier alpha value is -0.120. The summed E-state index contributed by atoms with van der Waals surface area (Å²) in [6, 6.07) is 0.597. The Bertz CT molecular complexity index is 192. The second-order valence-electron chi connectivity index (χ2n) is 5.35. The maximum atomic E-state index is 5.74. The fourth-order valence-corrected chi connectivity index (χ4v) is 2.05. The average molecular weight is 229 g/mol. The highest BCUT2D eigenvalue weighted by atomic mass is 16.5. The summed E-state index contributed by atoms with van der Waals surface area (Å²) in [4.78, 5) is 0. The quantitative estimate of drug-likeness (QED) is 0.758. The minimum absolute atomic E-state index is 0.0709. The van der Waals surface area contributed by atoms with Crippen LogP contribution in [0.4, 0.5) is 0 Å². The van der Waals surface area contributed by atoms with Crippen molar-refractivity contribution in [2.24, 2.45) is 0 Å². The summed E-state index contributed by atoms with van der Waals surface area (Å²) >= 11 is 0. The van der Waals surface area contributed by atoms with Crippen LogP contribution in [0.3, 0.4) is 0 Å². The van der Waals surface area contributed by atoms with Crippen molar-refractivity contribution in [2.75, 3.05) is 20.3 Å². The van der Waals surface area contributed by atoms with E-state index < -0.39 is 0 Å². The van der Waals surface area contributed by atoms with Crippen molar-refractivity contribution in [3.63, 3.8) is 0 Å². The fourth-order valence-electron chi connectivity index (χ4n) is 2.05. The molecule has 0 amide bonds. The smallest absolute Gasteiger partial charge is 0.0746 e. The van der Waals surface area contributed by atoms with Crippen LogP contribution in [-0.2, 0) is 9.47 Å². The van der Waals surface area contributed by atoms with Crippen LogP contribution in [0.15, 0.2) is 0 Å². The van der Waals surface area contributed by atoms with Gasteiger partial charge < -0.3 is 14.8 Å². The molecule has 16 heavy (non-hydrogen) atoms. The maximum absolute atomic E-state index is 5.74. The van der Waals surface area contributed by atoms with E-state index in [1.54, 1.807) is 7.11 Å². The van der Waals surface area contributed by atoms with Gasteiger partial charge in [-0.15, -0.1) is 0 Å². The zero-order chi connectivity index (χ0) is 12.0. The molecule has 0 aliphatic carbocycles. The van der Waals surface area contributed by atoms with Gasteiger partial charge in [0.15, 0.2) is 0 Å². The van der Waals surface area contributed by atoms with E-state index in [2.05, 4.69) is 26.1 Å². The first-order chi connectivity index (χ1) is 7.57. The van der Waals surface area contributed by atoms with Crippen LogP contribution in [0.2, 0.25) is 0 Å². The molecular weight excluding hydrogens is 202 g/mol. The van der Waals surface area contributed by atoms with E-state index >= 15 is 0 Å². The molecular formula is C13H27NO2. The lowest BCUT2D eigenvalue weighted by atomic mass is 9.99. The van der Waals surface area contributed by atoms with E-state index in [1.165, 1.54) is 12.8 Å². The van der Waals surface area contributed by atoms with Gasteiger partial charge in [-0.2, -0.15) is 0 Å². The van der Waals surface area contributed by atoms with E-state index in [0.29, 0.717) is 12.1 Å². The Morgan fingerprint density at radius 1 is 1.44 bits per heavy atom. The third kappa shape index (κ3) is 4.81. The van der Waals surface area contributed by atoms with E-state index in [4.69, 9.17) is 9.47 Å². The van der Waals surface area contributed by atoms with Crippen molar-refractivity contribution in [1.29, 1.82) is 0 Å². The molecule has 0 radical (unpaired) electrons. The second-order valence-corrected chi connectivity index (χ2v) is 5.35. The number of rotatable bonds is 6. The van der Waals surface area contributed by atoms with Crippen LogP contribution in [0.25, 0.3) is 0 Å². The average Bonchev–Trinajstić information content (AvgIpc) is 2.28. The molecule has 2 atom stereocenters. The van der Waals surface area contributed by atoms with E-state index in [-0.39, 0.29) is 5.60 Å². The second kappa shape index (κ2) is 6.58. The molecule has 0 aromatic carbocycles. The number of nitrogens with one attached hydrogen (secondary N) is 1. The van der Waals surface area contributed by atoms with Crippen molar-refractivity contribution in [1.82, 2.24) is 5.32 Å². The van der Waals surface area contributed by atoms with Gasteiger partial charge in [-0.25, -0.2) is 0 Å². The first kappa shape index (κ1) is 13.9. The third-order valence-corrected chi connectivity index (χ3v) is 3.35. The minimum atomic E-state index is -0.0709. The predicted molar refractivity (Wildman–Crippen MR) is 66.8 cm³/mol. The van der Waals surface area contributed by atoms with Crippen molar-refractivity contribution >= 4 is 0 Å². The highest BCUT2D eigenvalue weighted by Gasteiger charge is 2.24. The van der Waals surface area contributed by atoms with Gasteiger partial charge in [0.1, 0.15) is 0 Å². The molecule has 1 heterocycles. The van der Waals surface area contributed by atoms with Crippen LogP contribution in [0.5, 0.6) is 0 Å². The zero-order valence-corrected chi connectivity index (χ0v) is 11.2. The molecule has 1 fully saturated rings. The van der Waals surface area contributed by atoms with Crippen LogP contribution < -0.4 is 5.32 Å². The Balaban J connectivity index is 2.26. The largest absolute Gasteiger partial charge is 0.378 e. The lowest BCUT2D eigenvalue weighted by molar-refractivity contribution is -0.0148. The van der Waals surface area contributed by atoms with E-state index in [0.717, 1.165) is 26.0 Å². The summed E-state index contributed by atoms with van der Waals surface area (Å²) in [7, 11) is 1.77. The molecule has 3 heteroatoms. The fraction of sp³-hybridized carbons (Fsp3) is 1.00. The van der Waals surface area contributed by atoms with Crippen LogP contribution in [0.1, 0.15) is 46.5 Å². The summed E-state index contributed by atoms with van der Waals surface area (Å²) in [5.74, 6) is 0. The number of hydrogen-bond donors (Lipinski definition) is 1. The minimum Gasteiger partial charge on any atom is -0.378 e. The molecule has 0 saturated carbocycles. The molecule has 0 aromatic heterocycles. The highest BCUT2D eigenvalue weighted by molar-refractivity contribution is 4.80. The van der Waals surface area contributed by atoms with Gasteiger partial charge >= 0.3 is 0 Å². The first-order valence-electron chi connectivity index (χ1n) is 6.47. The molecule has 1 N–H and O–H groups in total. The molecule has 0 bridgehead atoms. The SMILES string of the molecule is CCCC1CC(NCC(C)(C)OC)CCO1. The number of ether oxygens (including phenoxy) is 2. The summed E-state index contributed by atoms with van der Waals surface area (Å²) in [5, 5.41) is 3.60. The molecule has 0 aromatic rings. The van der Waals surface area contributed by atoms with E-state index in [9.17, 15) is 0 Å². The van der Waals surface area contributed by atoms with Crippen molar-refractivity contribution in [2.45, 2.75) is 64.2 Å². The summed E-state index contributed by atoms with van der Waals surface area (Å²) < 4.78 is 11.1. The Kier molecular flexibility index (Phi) is 5.73. The summed E-state index contributed by atoms with van der Waals surface area (Å²) in [5.41, 5.74) is -0.0709. The molecule has 1 rings (SSSR count). The van der Waals surface area contributed by atoms with Gasteiger partial charge in [0.05, 0.1) is 11.7 Å². The summed E-state index contributed by atoms with van der Waals surface area (Å²) in [6.07, 6.45) is 5.13. The third-order valence-electron chi connectivity index (χ3n) is 3.35. The molecule has 1 aliphatic heterocycles. The highest BCUT2D eigenvalue weighted by Crippen LogP contribution is 2.18. The van der Waals surface area contributed by atoms with Gasteiger partial charge in [0.25, 0.3) is 0 Å². The standard InChI is InChI=1S/C13H27NO2/c1-5-6-12-9-11(7-8-16-12)14-10-13(2,3)15-4/h11-12,14H,5-10H2,1-4H3. The van der Waals surface area contributed by atoms with Gasteiger partial charge in [0, 0.05) is 26.3 Å². The lowest BCUT2D eigenvalue weighted by Crippen LogP contribution is -2.45. The van der Waals surface area contributed by atoms with Crippen molar-refractivity contribution in [3.05, 3.63) is 0 Å². The number of methoxy groups -OCH3 is 1. The molecule has 1 saturated heterocycles. The lowest BCUT2D eigenvalue weighted by Gasteiger charge is -2.33. The first-order valence-corrected chi connectivity index (χ1v) is 6.47. The molecule has 0 spiro atoms. The van der Waals surface area contributed by atoms with Crippen molar-refractivity contribution < 1.29 is 9.47 Å². The zero-order valence-electron chi connectivity index (χ0n) is 11.2. The van der Waals surface area contributed by atoms with Gasteiger partial charge in [-0.3, -0.25) is 0 Å². The summed E-state index contributed by atoms with van der Waals surface area (Å²) in [6.45, 7) is 8.25. The molecule has 96 valence electrons. The van der Waals surface area contributed by atoms with Crippen LogP contribution in [-0.4, -0.2) is 38.0 Å². The Morgan fingerprint density at radius 3 is 2.81 bits per heavy atom. The van der Waals surface area contributed by atoms with Gasteiger partial charge in [0.2, 0.25) is 0 Å². The predicted octanol–water partition coefficient (Wildman–Crippen LogP) is 2.35. The topological polar surface area (TPSA) is 30.5 Å². The van der Waals surface area contributed by atoms with Gasteiger partial charge in [-0.05, 0) is 33.1 Å². The van der Waals surface area contributed by atoms with Crippen LogP contribution in [0, 0.1) is 0 Å². The molecule has 1 aliphatic rings. The Labute approximate surface area is 99.9 Å². The normalized spacial score (nSPS) is 27.0. The van der Waals surface area contributed by atoms with Crippen molar-refractivity contribution in [3.8, 4) is 0 Å². The van der Waals surface area contributed by atoms with Crippen LogP contribution >= 0.6 is 0 Å². The maximum Gasteiger partial charge on any atom is 0.0746 e.